The molecule has 0 aliphatic carbocycles. The minimum absolute atomic E-state index is 0.0524. The number of unbranched alkanes of at least 4 members (excludes halogenated alkanes) is 14. The fourth-order valence-electron chi connectivity index (χ4n) is 6.62. The Labute approximate surface area is 355 Å². The first-order valence-corrected chi connectivity index (χ1v) is 24.8. The van der Waals surface area contributed by atoms with Gasteiger partial charge in [0.25, 0.3) is 0 Å². The summed E-state index contributed by atoms with van der Waals surface area (Å²) in [7, 11) is -10.8. The molecule has 2 rings (SSSR count). The summed E-state index contributed by atoms with van der Waals surface area (Å²) in [5, 5.41) is 20.8. The second kappa shape index (κ2) is 29.2. The highest BCUT2D eigenvalue weighted by Crippen LogP contribution is 2.60. The quantitative estimate of drug-likeness (QED) is 0.0259. The normalized spacial score (nSPS) is 20.6. The first-order valence-electron chi connectivity index (χ1n) is 21.8. The van der Waals surface area contributed by atoms with Crippen molar-refractivity contribution in [2.45, 2.75) is 187 Å². The molecule has 1 aromatic heterocycles. The monoisotopic (exact) mass is 897 g/mol. The molecule has 7 atom stereocenters. The third-order valence-corrected chi connectivity index (χ3v) is 12.6. The lowest BCUT2D eigenvalue weighted by molar-refractivity contribution is -0.161. The number of nitrogens with two attached hydrogens (primary N) is 1. The molecule has 18 nitrogen and oxygen atoms in total. The van der Waals surface area contributed by atoms with E-state index in [9.17, 15) is 43.5 Å². The Morgan fingerprint density at radius 1 is 0.750 bits per heavy atom. The molecule has 60 heavy (non-hydrogen) atoms. The van der Waals surface area contributed by atoms with Crippen molar-refractivity contribution in [3.05, 3.63) is 22.7 Å². The van der Waals surface area contributed by atoms with E-state index in [1.807, 2.05) is 0 Å². The minimum Gasteiger partial charge on any atom is -0.462 e. The number of nitrogen functional groups attached to an aromatic ring is 1. The Kier molecular flexibility index (Phi) is 26.2. The van der Waals surface area contributed by atoms with Crippen LogP contribution in [-0.4, -0.2) is 85.7 Å². The van der Waals surface area contributed by atoms with Crippen molar-refractivity contribution in [2.24, 2.45) is 11.8 Å². The minimum atomic E-state index is -5.41. The van der Waals surface area contributed by atoms with Crippen molar-refractivity contribution in [3.63, 3.8) is 0 Å². The van der Waals surface area contributed by atoms with Crippen molar-refractivity contribution >= 4 is 33.4 Å². The van der Waals surface area contributed by atoms with Crippen molar-refractivity contribution in [1.29, 1.82) is 0 Å². The van der Waals surface area contributed by atoms with Gasteiger partial charge in [-0.2, -0.15) is 9.29 Å². The van der Waals surface area contributed by atoms with Crippen molar-refractivity contribution in [2.75, 3.05) is 25.6 Å². The Balaban J connectivity index is 1.85. The summed E-state index contributed by atoms with van der Waals surface area (Å²) in [5.74, 6) is 0.137. The number of hydrogen-bond donors (Lipinski definition) is 5. The molecule has 1 fully saturated rings. The first kappa shape index (κ1) is 53.9. The second-order valence-corrected chi connectivity index (χ2v) is 19.6. The molecule has 0 aromatic carbocycles. The number of carbonyl (C=O) groups is 2. The van der Waals surface area contributed by atoms with Crippen molar-refractivity contribution in [1.82, 2.24) is 9.55 Å². The Hall–Kier alpha value is -2.24. The van der Waals surface area contributed by atoms with E-state index in [0.29, 0.717) is 18.8 Å². The maximum absolute atomic E-state index is 12.8. The molecule has 0 bridgehead atoms. The largest absolute Gasteiger partial charge is 0.481 e. The molecule has 0 saturated carbocycles. The van der Waals surface area contributed by atoms with Gasteiger partial charge in [-0.3, -0.25) is 23.2 Å². The number of aliphatic hydroxyl groups excluding tert-OH is 2. The van der Waals surface area contributed by atoms with Crippen molar-refractivity contribution < 1.29 is 66.3 Å². The van der Waals surface area contributed by atoms with Crippen LogP contribution in [0.25, 0.3) is 0 Å². The molecule has 1 aliphatic heterocycles. The summed E-state index contributed by atoms with van der Waals surface area (Å²) in [6.07, 6.45) is 12.6. The topological polar surface area (TPSA) is 265 Å². The van der Waals surface area contributed by atoms with Gasteiger partial charge in [0.15, 0.2) is 12.3 Å². The zero-order chi connectivity index (χ0) is 44.6. The summed E-state index contributed by atoms with van der Waals surface area (Å²) >= 11 is 0. The zero-order valence-electron chi connectivity index (χ0n) is 36.1. The van der Waals surface area contributed by atoms with Gasteiger partial charge in [-0.1, -0.05) is 130 Å². The highest BCUT2D eigenvalue weighted by Gasteiger charge is 2.46. The number of rotatable bonds is 34. The van der Waals surface area contributed by atoms with Crippen LogP contribution >= 0.6 is 15.6 Å². The highest BCUT2D eigenvalue weighted by molar-refractivity contribution is 7.61. The zero-order valence-corrected chi connectivity index (χ0v) is 37.9. The van der Waals surface area contributed by atoms with Gasteiger partial charge in [0.05, 0.1) is 13.2 Å². The number of phosphoric acid groups is 2. The number of anilines is 1. The molecule has 3 unspecified atom stereocenters. The fraction of sp³-hybridized carbons (Fsp3) is 0.850. The molecular formula is C40H73N3O15P2. The summed E-state index contributed by atoms with van der Waals surface area (Å²) in [4.78, 5) is 61.5. The van der Waals surface area contributed by atoms with Gasteiger partial charge in [0, 0.05) is 19.0 Å². The number of hydrogen-bond acceptors (Lipinski definition) is 15. The van der Waals surface area contributed by atoms with Crippen LogP contribution in [-0.2, 0) is 46.3 Å². The Morgan fingerprint density at radius 2 is 1.23 bits per heavy atom. The average Bonchev–Trinajstić information content (AvgIpc) is 3.44. The standard InChI is InChI=1S/C40H73N3O15P2/c1-30(2)21-17-13-9-6-5-7-11-15-19-23-35(44)53-27-32(56-36(45)24-20-16-12-8-10-14-18-22-31(3)4)28-54-59(49,50)58-60(51,52)55-29-33-37(46)38(47)39(57-33)43-26-25-34(41)42-40(43)48/h25-26,30-33,37-39,46-47H,5-24,27-29H2,1-4H3,(H,49,50)(H,51,52)(H2,41,42,48)/t32-,33-,37+,38?,39-/m1/s1. The van der Waals surface area contributed by atoms with E-state index in [2.05, 4.69) is 37.0 Å². The predicted molar refractivity (Wildman–Crippen MR) is 224 cm³/mol. The van der Waals surface area contributed by atoms with Crippen LogP contribution in [0.2, 0.25) is 0 Å². The van der Waals surface area contributed by atoms with Crippen LogP contribution in [0.15, 0.2) is 17.1 Å². The van der Waals surface area contributed by atoms with Gasteiger partial charge in [-0.25, -0.2) is 13.9 Å². The molecule has 1 aliphatic rings. The first-order chi connectivity index (χ1) is 28.4. The number of aromatic nitrogens is 2. The van der Waals surface area contributed by atoms with Gasteiger partial charge in [-0.05, 0) is 30.7 Å². The molecule has 2 heterocycles. The van der Waals surface area contributed by atoms with Gasteiger partial charge in [0.2, 0.25) is 0 Å². The molecule has 0 radical (unpaired) electrons. The summed E-state index contributed by atoms with van der Waals surface area (Å²) in [5.41, 5.74) is 4.57. The maximum atomic E-state index is 12.8. The van der Waals surface area contributed by atoms with Crippen LogP contribution in [0.1, 0.15) is 162 Å². The molecule has 20 heteroatoms. The van der Waals surface area contributed by atoms with Crippen LogP contribution in [0, 0.1) is 11.8 Å². The van der Waals surface area contributed by atoms with Gasteiger partial charge >= 0.3 is 33.3 Å². The van der Waals surface area contributed by atoms with Crippen LogP contribution in [0.5, 0.6) is 0 Å². The molecule has 0 amide bonds. The SMILES string of the molecule is CC(C)CCCCCCCCCCCC(=O)OC[C@H](COP(=O)(O)OP(=O)(O)OC[C@H]1O[C@@H](n2ccc(N)nc2=O)C(O)[C@H]1O)OC(=O)CCCCCCCCCC(C)C. The molecule has 1 saturated heterocycles. The maximum Gasteiger partial charge on any atom is 0.481 e. The number of aliphatic hydroxyl groups is 2. The molecule has 0 spiro atoms. The third kappa shape index (κ3) is 23.8. The summed E-state index contributed by atoms with van der Waals surface area (Å²) in [6, 6.07) is 1.25. The molecule has 6 N–H and O–H groups in total. The van der Waals surface area contributed by atoms with Crippen LogP contribution in [0.4, 0.5) is 5.82 Å². The lowest BCUT2D eigenvalue weighted by Crippen LogP contribution is -2.36. The lowest BCUT2D eigenvalue weighted by atomic mass is 10.0. The smallest absolute Gasteiger partial charge is 0.462 e. The predicted octanol–water partition coefficient (Wildman–Crippen LogP) is 7.26. The van der Waals surface area contributed by atoms with E-state index >= 15 is 0 Å². The van der Waals surface area contributed by atoms with Gasteiger partial charge in [-0.15, -0.1) is 0 Å². The van der Waals surface area contributed by atoms with E-state index in [-0.39, 0.29) is 18.7 Å². The van der Waals surface area contributed by atoms with Gasteiger partial charge in [0.1, 0.15) is 30.7 Å². The number of carbonyl (C=O) groups excluding carboxylic acids is 2. The van der Waals surface area contributed by atoms with E-state index in [1.165, 1.54) is 57.4 Å². The number of nitrogens with zero attached hydrogens (tertiary/aromatic N) is 2. The van der Waals surface area contributed by atoms with Crippen LogP contribution in [0.3, 0.4) is 0 Å². The third-order valence-electron chi connectivity index (χ3n) is 10.0. The Morgan fingerprint density at radius 3 is 1.75 bits per heavy atom. The lowest BCUT2D eigenvalue weighted by Gasteiger charge is -2.21. The van der Waals surface area contributed by atoms with Crippen molar-refractivity contribution in [3.8, 4) is 0 Å². The number of ether oxygens (including phenoxy) is 3. The summed E-state index contributed by atoms with van der Waals surface area (Å²) in [6.45, 7) is 6.61. The second-order valence-electron chi connectivity index (χ2n) is 16.5. The highest BCUT2D eigenvalue weighted by atomic mass is 31.3. The summed E-state index contributed by atoms with van der Waals surface area (Å²) < 4.78 is 56.4. The molecule has 348 valence electrons. The van der Waals surface area contributed by atoms with E-state index < -0.39 is 83.7 Å². The van der Waals surface area contributed by atoms with Gasteiger partial charge < -0.3 is 39.9 Å². The van der Waals surface area contributed by atoms with E-state index in [4.69, 9.17) is 29.0 Å². The van der Waals surface area contributed by atoms with E-state index in [1.54, 1.807) is 0 Å². The molecular weight excluding hydrogens is 824 g/mol. The average molecular weight is 898 g/mol. The molecule has 1 aromatic rings. The van der Waals surface area contributed by atoms with Crippen LogP contribution < -0.4 is 11.4 Å². The fourth-order valence-corrected chi connectivity index (χ4v) is 8.73. The van der Waals surface area contributed by atoms with E-state index in [0.717, 1.165) is 68.0 Å². The number of phosphoric ester groups is 2. The Bertz CT molecular complexity index is 1530. The number of esters is 2.